The van der Waals surface area contributed by atoms with Crippen LogP contribution in [0.25, 0.3) is 0 Å². The van der Waals surface area contributed by atoms with E-state index in [0.717, 1.165) is 36.5 Å². The van der Waals surface area contributed by atoms with Gasteiger partial charge in [0.05, 0.1) is 12.9 Å². The monoisotopic (exact) mass is 473 g/mol. The number of rotatable bonds is 6. The second kappa shape index (κ2) is 10.4. The van der Waals surface area contributed by atoms with Crippen LogP contribution in [0, 0.1) is 0 Å². The van der Waals surface area contributed by atoms with Gasteiger partial charge in [-0.3, -0.25) is 14.5 Å². The molecule has 2 aliphatic rings. The lowest BCUT2D eigenvalue weighted by Crippen LogP contribution is -2.57. The van der Waals surface area contributed by atoms with Gasteiger partial charge in [0.1, 0.15) is 11.8 Å². The Morgan fingerprint density at radius 1 is 0.943 bits per heavy atom. The predicted molar refractivity (Wildman–Crippen MR) is 132 cm³/mol. The average Bonchev–Trinajstić information content (AvgIpc) is 3.44. The molecule has 0 spiro atoms. The summed E-state index contributed by atoms with van der Waals surface area (Å²) >= 11 is 0. The normalized spacial score (nSPS) is 18.3. The molecule has 3 aromatic rings. The van der Waals surface area contributed by atoms with E-state index in [9.17, 15) is 9.59 Å². The minimum Gasteiger partial charge on any atom is -0.494 e. The molecule has 0 radical (unpaired) electrons. The Balaban J connectivity index is 1.25. The van der Waals surface area contributed by atoms with Crippen molar-refractivity contribution >= 4 is 11.8 Å². The maximum absolute atomic E-state index is 13.7. The molecule has 0 N–H and O–H groups in total. The molecule has 5 rings (SSSR count). The first-order chi connectivity index (χ1) is 17.1. The maximum atomic E-state index is 13.7. The number of carbonyl (C=O) groups is 2. The molecular weight excluding hydrogens is 442 g/mol. The number of fused-ring (bicyclic) bond motifs is 1. The fourth-order valence-corrected chi connectivity index (χ4v) is 4.95. The third kappa shape index (κ3) is 5.10. The first-order valence-corrected chi connectivity index (χ1v) is 12.3. The van der Waals surface area contributed by atoms with Gasteiger partial charge in [0.25, 0.3) is 5.91 Å². The van der Waals surface area contributed by atoms with Crippen molar-refractivity contribution < 1.29 is 18.7 Å². The number of carbonyl (C=O) groups excluding carboxylic acids is 2. The van der Waals surface area contributed by atoms with Crippen LogP contribution in [0.4, 0.5) is 0 Å². The zero-order chi connectivity index (χ0) is 24.2. The van der Waals surface area contributed by atoms with Gasteiger partial charge in [-0.2, -0.15) is 0 Å². The molecule has 0 aliphatic carbocycles. The number of nitrogens with zero attached hydrogens (tertiary/aromatic N) is 3. The van der Waals surface area contributed by atoms with Gasteiger partial charge in [-0.05, 0) is 47.9 Å². The second-order valence-electron chi connectivity index (χ2n) is 9.08. The molecule has 3 heterocycles. The molecule has 1 aromatic heterocycles. The number of amides is 2. The first kappa shape index (κ1) is 23.2. The van der Waals surface area contributed by atoms with Crippen molar-refractivity contribution in [1.29, 1.82) is 0 Å². The molecule has 7 heteroatoms. The highest BCUT2D eigenvalue weighted by Gasteiger charge is 2.38. The van der Waals surface area contributed by atoms with Crippen LogP contribution in [0.15, 0.2) is 71.3 Å². The Kier molecular flexibility index (Phi) is 6.86. The summed E-state index contributed by atoms with van der Waals surface area (Å²) in [6.45, 7) is 6.79. The highest BCUT2D eigenvalue weighted by atomic mass is 16.5. The van der Waals surface area contributed by atoms with Gasteiger partial charge in [-0.1, -0.05) is 36.4 Å². The molecule has 2 aromatic carbocycles. The van der Waals surface area contributed by atoms with E-state index in [2.05, 4.69) is 23.1 Å². The number of furan rings is 1. The Morgan fingerprint density at radius 2 is 1.69 bits per heavy atom. The van der Waals surface area contributed by atoms with Crippen molar-refractivity contribution in [2.45, 2.75) is 32.5 Å². The van der Waals surface area contributed by atoms with E-state index in [1.54, 1.807) is 17.0 Å². The quantitative estimate of drug-likeness (QED) is 0.548. The molecule has 1 unspecified atom stereocenters. The summed E-state index contributed by atoms with van der Waals surface area (Å²) in [7, 11) is 0. The zero-order valence-corrected chi connectivity index (χ0v) is 20.1. The first-order valence-electron chi connectivity index (χ1n) is 12.3. The summed E-state index contributed by atoms with van der Waals surface area (Å²) in [5, 5.41) is 0. The van der Waals surface area contributed by atoms with Crippen LogP contribution in [-0.4, -0.2) is 65.3 Å². The largest absolute Gasteiger partial charge is 0.494 e. The van der Waals surface area contributed by atoms with Gasteiger partial charge in [0.15, 0.2) is 5.76 Å². The van der Waals surface area contributed by atoms with E-state index in [1.165, 1.54) is 11.8 Å². The van der Waals surface area contributed by atoms with Crippen LogP contribution >= 0.6 is 0 Å². The van der Waals surface area contributed by atoms with Gasteiger partial charge in [-0.25, -0.2) is 0 Å². The zero-order valence-electron chi connectivity index (χ0n) is 20.1. The number of hydrogen-bond acceptors (Lipinski definition) is 5. The molecule has 2 amide bonds. The number of piperazine rings is 1. The minimum absolute atomic E-state index is 0.0140. The fraction of sp³-hybridized carbons (Fsp3) is 0.357. The SMILES string of the molecule is CCOc1ccc(CN2CCN(C(=O)C3Cc4ccccc4CN3C(=O)c3ccco3)CC2)cc1. The molecule has 182 valence electrons. The van der Waals surface area contributed by atoms with E-state index in [4.69, 9.17) is 9.15 Å². The topological polar surface area (TPSA) is 66.2 Å². The second-order valence-corrected chi connectivity index (χ2v) is 9.08. The lowest BCUT2D eigenvalue weighted by atomic mass is 9.92. The Bertz CT molecular complexity index is 1150. The summed E-state index contributed by atoms with van der Waals surface area (Å²) < 4.78 is 10.9. The predicted octanol–water partition coefficient (Wildman–Crippen LogP) is 3.59. The van der Waals surface area contributed by atoms with Crippen LogP contribution in [0.3, 0.4) is 0 Å². The van der Waals surface area contributed by atoms with Crippen molar-refractivity contribution in [3.63, 3.8) is 0 Å². The highest BCUT2D eigenvalue weighted by molar-refractivity contribution is 5.96. The summed E-state index contributed by atoms with van der Waals surface area (Å²) in [4.78, 5) is 32.9. The molecule has 0 saturated carbocycles. The molecule has 7 nitrogen and oxygen atoms in total. The van der Waals surface area contributed by atoms with Crippen molar-refractivity contribution in [2.75, 3.05) is 32.8 Å². The lowest BCUT2D eigenvalue weighted by molar-refractivity contribution is -0.138. The van der Waals surface area contributed by atoms with Crippen LogP contribution < -0.4 is 4.74 Å². The summed E-state index contributed by atoms with van der Waals surface area (Å²) in [5.74, 6) is 0.925. The van der Waals surface area contributed by atoms with E-state index >= 15 is 0 Å². The maximum Gasteiger partial charge on any atom is 0.290 e. The van der Waals surface area contributed by atoms with Crippen LogP contribution in [0.2, 0.25) is 0 Å². The molecule has 35 heavy (non-hydrogen) atoms. The smallest absolute Gasteiger partial charge is 0.290 e. The number of ether oxygens (including phenoxy) is 1. The van der Waals surface area contributed by atoms with Crippen molar-refractivity contribution in [3.05, 3.63) is 89.4 Å². The van der Waals surface area contributed by atoms with Gasteiger partial charge in [0.2, 0.25) is 5.91 Å². The lowest BCUT2D eigenvalue weighted by Gasteiger charge is -2.41. The molecule has 2 aliphatic heterocycles. The highest BCUT2D eigenvalue weighted by Crippen LogP contribution is 2.27. The van der Waals surface area contributed by atoms with Crippen molar-refractivity contribution in [3.8, 4) is 5.75 Å². The summed E-state index contributed by atoms with van der Waals surface area (Å²) in [5.41, 5.74) is 3.44. The van der Waals surface area contributed by atoms with Gasteiger partial charge < -0.3 is 19.0 Å². The number of hydrogen-bond donors (Lipinski definition) is 0. The van der Waals surface area contributed by atoms with E-state index in [1.807, 2.05) is 42.2 Å². The molecule has 1 fully saturated rings. The molecule has 1 saturated heterocycles. The van der Waals surface area contributed by atoms with E-state index in [-0.39, 0.29) is 17.6 Å². The number of benzene rings is 2. The summed E-state index contributed by atoms with van der Waals surface area (Å²) in [6, 6.07) is 19.1. The molecule has 1 atom stereocenters. The van der Waals surface area contributed by atoms with Crippen LogP contribution in [0.5, 0.6) is 5.75 Å². The summed E-state index contributed by atoms with van der Waals surface area (Å²) in [6.07, 6.45) is 2.01. The van der Waals surface area contributed by atoms with Gasteiger partial charge in [0, 0.05) is 45.7 Å². The Hall–Kier alpha value is -3.58. The van der Waals surface area contributed by atoms with Gasteiger partial charge >= 0.3 is 0 Å². The Morgan fingerprint density at radius 3 is 2.37 bits per heavy atom. The van der Waals surface area contributed by atoms with Crippen molar-refractivity contribution in [1.82, 2.24) is 14.7 Å². The van der Waals surface area contributed by atoms with E-state index in [0.29, 0.717) is 32.7 Å². The average molecular weight is 474 g/mol. The Labute approximate surface area is 205 Å². The third-order valence-corrected chi connectivity index (χ3v) is 6.85. The van der Waals surface area contributed by atoms with Crippen LogP contribution in [0.1, 0.15) is 34.2 Å². The molecular formula is C28H31N3O4. The van der Waals surface area contributed by atoms with Gasteiger partial charge in [-0.15, -0.1) is 0 Å². The van der Waals surface area contributed by atoms with E-state index < -0.39 is 6.04 Å². The standard InChI is InChI=1S/C28H31N3O4/c1-2-34-24-11-9-21(10-12-24)19-29-13-15-30(16-14-29)27(32)25-18-22-6-3-4-7-23(22)20-31(25)28(33)26-8-5-17-35-26/h3-12,17,25H,2,13-16,18-20H2,1H3. The van der Waals surface area contributed by atoms with Crippen LogP contribution in [-0.2, 0) is 24.3 Å². The van der Waals surface area contributed by atoms with Crippen molar-refractivity contribution in [2.24, 2.45) is 0 Å². The third-order valence-electron chi connectivity index (χ3n) is 6.85. The molecule has 0 bridgehead atoms. The minimum atomic E-state index is -0.528. The fourth-order valence-electron chi connectivity index (χ4n) is 4.95.